The first-order chi connectivity index (χ1) is 18.6. The molecule has 2 amide bonds. The second-order valence-electron chi connectivity index (χ2n) is 10.2. The third-order valence-electron chi connectivity index (χ3n) is 6.82. The molecule has 1 aliphatic rings. The Morgan fingerprint density at radius 1 is 0.923 bits per heavy atom. The molecule has 9 heteroatoms. The number of nitrogens with one attached hydrogen (secondary N) is 2. The zero-order chi connectivity index (χ0) is 28.1. The molecular formula is C30H32F3N3O3. The Balaban J connectivity index is 1.83. The normalized spacial score (nSPS) is 13.8. The number of anilines is 3. The molecule has 3 aromatic rings. The van der Waals surface area contributed by atoms with Crippen LogP contribution >= 0.6 is 0 Å². The standard InChI is InChI=1S/C30H32F3N3O3/c1-18(2)17-36(21-8-4-3-5-9-21)28-25(33)14-19(23-16-20(31)12-13-22(23)29(37)38)15-27(28)35-30(39)34-26-11-7-6-10-24(26)32/h6-7,10-16,18,21H,3-5,8-9,17H2,1-2H3,(H,37,38)(H2,34,35,39). The van der Waals surface area contributed by atoms with Crippen molar-refractivity contribution in [2.24, 2.45) is 5.92 Å². The summed E-state index contributed by atoms with van der Waals surface area (Å²) in [4.78, 5) is 26.8. The Bertz CT molecular complexity index is 1360. The number of aromatic carboxylic acids is 1. The molecule has 3 N–H and O–H groups in total. The second kappa shape index (κ2) is 12.2. The molecule has 0 aromatic heterocycles. The lowest BCUT2D eigenvalue weighted by atomic mass is 9.92. The Labute approximate surface area is 225 Å². The molecule has 0 heterocycles. The molecule has 0 unspecified atom stereocenters. The zero-order valence-corrected chi connectivity index (χ0v) is 21.9. The summed E-state index contributed by atoms with van der Waals surface area (Å²) in [6.07, 6.45) is 4.83. The van der Waals surface area contributed by atoms with Gasteiger partial charge in [-0.3, -0.25) is 0 Å². The average molecular weight is 540 g/mol. The molecule has 1 fully saturated rings. The van der Waals surface area contributed by atoms with Crippen molar-refractivity contribution in [1.29, 1.82) is 0 Å². The molecule has 206 valence electrons. The number of rotatable bonds is 8. The number of nitrogens with zero attached hydrogens (tertiary/aromatic N) is 1. The van der Waals surface area contributed by atoms with E-state index < -0.39 is 29.5 Å². The van der Waals surface area contributed by atoms with Crippen LogP contribution in [0.2, 0.25) is 0 Å². The van der Waals surface area contributed by atoms with Crippen LogP contribution in [0.25, 0.3) is 11.1 Å². The number of carbonyl (C=O) groups excluding carboxylic acids is 1. The number of carboxylic acid groups (broad SMARTS) is 1. The summed E-state index contributed by atoms with van der Waals surface area (Å²) in [5, 5.41) is 14.8. The average Bonchev–Trinajstić information content (AvgIpc) is 2.89. The van der Waals surface area contributed by atoms with Crippen molar-refractivity contribution in [1.82, 2.24) is 0 Å². The van der Waals surface area contributed by atoms with Gasteiger partial charge in [0.05, 0.1) is 22.6 Å². The highest BCUT2D eigenvalue weighted by Crippen LogP contribution is 2.39. The lowest BCUT2D eigenvalue weighted by Gasteiger charge is -2.38. The molecule has 4 rings (SSSR count). The van der Waals surface area contributed by atoms with Crippen molar-refractivity contribution in [3.8, 4) is 11.1 Å². The minimum absolute atomic E-state index is 0.0291. The first-order valence-electron chi connectivity index (χ1n) is 13.1. The largest absolute Gasteiger partial charge is 0.478 e. The first-order valence-corrected chi connectivity index (χ1v) is 13.1. The van der Waals surface area contributed by atoms with E-state index in [0.717, 1.165) is 50.3 Å². The number of amides is 2. The Morgan fingerprint density at radius 3 is 2.28 bits per heavy atom. The van der Waals surface area contributed by atoms with E-state index in [1.54, 1.807) is 6.07 Å². The van der Waals surface area contributed by atoms with Gasteiger partial charge in [0.1, 0.15) is 17.5 Å². The van der Waals surface area contributed by atoms with Crippen molar-refractivity contribution in [3.05, 3.63) is 77.6 Å². The third kappa shape index (κ3) is 6.71. The van der Waals surface area contributed by atoms with E-state index in [9.17, 15) is 23.5 Å². The van der Waals surface area contributed by atoms with Gasteiger partial charge in [-0.25, -0.2) is 22.8 Å². The van der Waals surface area contributed by atoms with E-state index >= 15 is 4.39 Å². The van der Waals surface area contributed by atoms with E-state index in [2.05, 4.69) is 10.6 Å². The maximum atomic E-state index is 16.1. The molecule has 39 heavy (non-hydrogen) atoms. The summed E-state index contributed by atoms with van der Waals surface area (Å²) >= 11 is 0. The predicted octanol–water partition coefficient (Wildman–Crippen LogP) is 7.91. The first kappa shape index (κ1) is 28.0. The molecular weight excluding hydrogens is 507 g/mol. The SMILES string of the molecule is CC(C)CN(c1c(F)cc(-c2cc(F)ccc2C(=O)O)cc1NC(=O)Nc1ccccc1F)C1CCCCC1. The van der Waals surface area contributed by atoms with Crippen molar-refractivity contribution < 1.29 is 27.9 Å². The maximum Gasteiger partial charge on any atom is 0.336 e. The summed E-state index contributed by atoms with van der Waals surface area (Å²) in [7, 11) is 0. The van der Waals surface area contributed by atoms with E-state index in [1.165, 1.54) is 30.3 Å². The molecule has 0 aliphatic heterocycles. The Morgan fingerprint density at radius 2 is 1.62 bits per heavy atom. The van der Waals surface area contributed by atoms with Gasteiger partial charge in [-0.15, -0.1) is 0 Å². The lowest BCUT2D eigenvalue weighted by molar-refractivity contribution is 0.0697. The number of carboxylic acids is 1. The van der Waals surface area contributed by atoms with Gasteiger partial charge < -0.3 is 20.6 Å². The van der Waals surface area contributed by atoms with Crippen LogP contribution in [0.4, 0.5) is 35.0 Å². The maximum absolute atomic E-state index is 16.1. The molecule has 0 atom stereocenters. The van der Waals surface area contributed by atoms with E-state index in [-0.39, 0.29) is 45.7 Å². The van der Waals surface area contributed by atoms with E-state index in [1.807, 2.05) is 18.7 Å². The summed E-state index contributed by atoms with van der Waals surface area (Å²) in [6.45, 7) is 4.56. The van der Waals surface area contributed by atoms with E-state index in [0.29, 0.717) is 6.54 Å². The predicted molar refractivity (Wildman–Crippen MR) is 147 cm³/mol. The fourth-order valence-corrected chi connectivity index (χ4v) is 5.13. The van der Waals surface area contributed by atoms with Gasteiger partial charge in [0.2, 0.25) is 0 Å². The molecule has 6 nitrogen and oxygen atoms in total. The van der Waals surface area contributed by atoms with Crippen molar-refractivity contribution >= 4 is 29.1 Å². The smallest absolute Gasteiger partial charge is 0.336 e. The van der Waals surface area contributed by atoms with Crippen LogP contribution in [-0.4, -0.2) is 29.7 Å². The number of halogens is 3. The Hall–Kier alpha value is -4.01. The van der Waals surface area contributed by atoms with E-state index in [4.69, 9.17) is 0 Å². The molecule has 1 saturated carbocycles. The van der Waals surface area contributed by atoms with Gasteiger partial charge in [-0.2, -0.15) is 0 Å². The summed E-state index contributed by atoms with van der Waals surface area (Å²) in [5.74, 6) is -3.13. The van der Waals surface area contributed by atoms with Gasteiger partial charge in [0, 0.05) is 12.6 Å². The highest BCUT2D eigenvalue weighted by molar-refractivity contribution is 6.03. The molecule has 0 spiro atoms. The number of hydrogen-bond acceptors (Lipinski definition) is 3. The summed E-state index contributed by atoms with van der Waals surface area (Å²) < 4.78 is 44.5. The molecule has 0 saturated heterocycles. The minimum Gasteiger partial charge on any atom is -0.478 e. The zero-order valence-electron chi connectivity index (χ0n) is 21.9. The number of benzene rings is 3. The van der Waals surface area contributed by atoms with Gasteiger partial charge in [-0.05, 0) is 72.4 Å². The van der Waals surface area contributed by atoms with Crippen LogP contribution in [0.3, 0.4) is 0 Å². The molecule has 1 aliphatic carbocycles. The van der Waals surface area contributed by atoms with Crippen LogP contribution in [0.1, 0.15) is 56.3 Å². The quantitative estimate of drug-likeness (QED) is 0.272. The van der Waals surface area contributed by atoms with Gasteiger partial charge >= 0.3 is 12.0 Å². The third-order valence-corrected chi connectivity index (χ3v) is 6.82. The fraction of sp³-hybridized carbons (Fsp3) is 0.333. The van der Waals surface area contributed by atoms with Crippen molar-refractivity contribution in [3.63, 3.8) is 0 Å². The van der Waals surface area contributed by atoms with Crippen LogP contribution in [0, 0.1) is 23.4 Å². The summed E-state index contributed by atoms with van der Waals surface area (Å²) in [5.41, 5.74) is 0.0254. The van der Waals surface area contributed by atoms with Crippen molar-refractivity contribution in [2.45, 2.75) is 52.0 Å². The minimum atomic E-state index is -1.30. The monoisotopic (exact) mass is 539 g/mol. The van der Waals surface area contributed by atoms with Gasteiger partial charge in [0.15, 0.2) is 0 Å². The highest BCUT2D eigenvalue weighted by atomic mass is 19.1. The highest BCUT2D eigenvalue weighted by Gasteiger charge is 2.28. The second-order valence-corrected chi connectivity index (χ2v) is 10.2. The van der Waals surface area contributed by atoms with Crippen LogP contribution in [0.5, 0.6) is 0 Å². The van der Waals surface area contributed by atoms with Crippen LogP contribution < -0.4 is 15.5 Å². The lowest BCUT2D eigenvalue weighted by Crippen LogP contribution is -2.40. The molecule has 0 radical (unpaired) electrons. The molecule has 3 aromatic carbocycles. The van der Waals surface area contributed by atoms with Crippen LogP contribution in [0.15, 0.2) is 54.6 Å². The number of carbonyl (C=O) groups is 2. The van der Waals surface area contributed by atoms with Gasteiger partial charge in [-0.1, -0.05) is 45.2 Å². The fourth-order valence-electron chi connectivity index (χ4n) is 5.13. The summed E-state index contributed by atoms with van der Waals surface area (Å²) in [6, 6.07) is 10.7. The van der Waals surface area contributed by atoms with Gasteiger partial charge in [0.25, 0.3) is 0 Å². The Kier molecular flexibility index (Phi) is 8.79. The van der Waals surface area contributed by atoms with Crippen molar-refractivity contribution in [2.75, 3.05) is 22.1 Å². The topological polar surface area (TPSA) is 81.7 Å². The van der Waals surface area contributed by atoms with Crippen LogP contribution in [-0.2, 0) is 0 Å². The number of hydrogen-bond donors (Lipinski definition) is 3. The number of para-hydroxylation sites is 1. The number of urea groups is 1. The molecule has 0 bridgehead atoms.